The minimum Gasteiger partial charge on any atom is -0.495 e. The molecule has 0 aliphatic heterocycles. The Morgan fingerprint density at radius 3 is 2.67 bits per heavy atom. The van der Waals surface area contributed by atoms with Gasteiger partial charge in [-0.3, -0.25) is 4.79 Å². The number of benzene rings is 2. The number of hydrogen-bond acceptors (Lipinski definition) is 4. The van der Waals surface area contributed by atoms with Crippen LogP contribution in [0.15, 0.2) is 51.7 Å². The van der Waals surface area contributed by atoms with E-state index in [-0.39, 0.29) is 5.43 Å². The molecule has 0 aliphatic rings. The average Bonchev–Trinajstić information content (AvgIpc) is 2.48. The van der Waals surface area contributed by atoms with Crippen LogP contribution in [0.1, 0.15) is 5.56 Å². The van der Waals surface area contributed by atoms with Gasteiger partial charge in [-0.15, -0.1) is 0 Å². The highest BCUT2D eigenvalue weighted by molar-refractivity contribution is 5.81. The molecular formula is C17H15NO3. The molecule has 0 saturated heterocycles. The smallest absolute Gasteiger partial charge is 0.193 e. The number of nitrogens with two attached hydrogens (primary N) is 1. The molecule has 0 aliphatic carbocycles. The van der Waals surface area contributed by atoms with E-state index in [9.17, 15) is 4.79 Å². The van der Waals surface area contributed by atoms with E-state index in [1.54, 1.807) is 25.3 Å². The van der Waals surface area contributed by atoms with Gasteiger partial charge in [-0.25, -0.2) is 0 Å². The van der Waals surface area contributed by atoms with Gasteiger partial charge >= 0.3 is 0 Å². The lowest BCUT2D eigenvalue weighted by molar-refractivity contribution is 0.417. The van der Waals surface area contributed by atoms with Crippen LogP contribution in [0, 0.1) is 6.92 Å². The Morgan fingerprint density at radius 2 is 1.95 bits per heavy atom. The molecule has 0 atom stereocenters. The molecule has 0 spiro atoms. The predicted octanol–water partition coefficient (Wildman–Crippen LogP) is 3.36. The van der Waals surface area contributed by atoms with Crippen molar-refractivity contribution in [1.29, 1.82) is 0 Å². The third-order valence-electron chi connectivity index (χ3n) is 3.47. The first-order valence-electron chi connectivity index (χ1n) is 6.57. The van der Waals surface area contributed by atoms with Crippen molar-refractivity contribution < 1.29 is 9.15 Å². The quantitative estimate of drug-likeness (QED) is 0.731. The van der Waals surface area contributed by atoms with Gasteiger partial charge in [-0.2, -0.15) is 0 Å². The van der Waals surface area contributed by atoms with Gasteiger partial charge in [-0.05, 0) is 36.8 Å². The third kappa shape index (κ3) is 2.25. The second kappa shape index (κ2) is 4.98. The van der Waals surface area contributed by atoms with Crippen LogP contribution in [-0.4, -0.2) is 7.11 Å². The van der Waals surface area contributed by atoms with Crippen LogP contribution in [0.2, 0.25) is 0 Å². The largest absolute Gasteiger partial charge is 0.495 e. The molecule has 2 N–H and O–H groups in total. The number of nitrogen functional groups attached to an aromatic ring is 1. The number of para-hydroxylation sites is 1. The van der Waals surface area contributed by atoms with E-state index in [1.165, 1.54) is 6.07 Å². The maximum Gasteiger partial charge on any atom is 0.193 e. The summed E-state index contributed by atoms with van der Waals surface area (Å²) in [6, 6.07) is 12.3. The molecule has 0 saturated carbocycles. The lowest BCUT2D eigenvalue weighted by Crippen LogP contribution is -2.01. The second-order valence-corrected chi connectivity index (χ2v) is 4.88. The zero-order chi connectivity index (χ0) is 15.0. The monoisotopic (exact) mass is 281 g/mol. The Labute approximate surface area is 121 Å². The molecule has 1 heterocycles. The standard InChI is InChI=1S/C17H15NO3/c1-10-4-3-5-12-14(19)9-16(21-17(10)12)11-6-7-15(20-2)13(18)8-11/h3-9H,18H2,1-2H3. The summed E-state index contributed by atoms with van der Waals surface area (Å²) in [6.45, 7) is 1.91. The molecule has 0 radical (unpaired) electrons. The highest BCUT2D eigenvalue weighted by Gasteiger charge is 2.10. The Morgan fingerprint density at radius 1 is 1.14 bits per heavy atom. The van der Waals surface area contributed by atoms with Crippen LogP contribution in [-0.2, 0) is 0 Å². The molecule has 106 valence electrons. The van der Waals surface area contributed by atoms with Crippen molar-refractivity contribution in [2.45, 2.75) is 6.92 Å². The molecule has 4 nitrogen and oxygen atoms in total. The van der Waals surface area contributed by atoms with Crippen LogP contribution in [0.25, 0.3) is 22.3 Å². The summed E-state index contributed by atoms with van der Waals surface area (Å²) in [5, 5.41) is 0.584. The van der Waals surface area contributed by atoms with Gasteiger partial charge in [-0.1, -0.05) is 12.1 Å². The highest BCUT2D eigenvalue weighted by atomic mass is 16.5. The molecule has 0 fully saturated rings. The molecular weight excluding hydrogens is 266 g/mol. The van der Waals surface area contributed by atoms with Crippen molar-refractivity contribution in [2.75, 3.05) is 12.8 Å². The summed E-state index contributed by atoms with van der Waals surface area (Å²) in [4.78, 5) is 12.2. The summed E-state index contributed by atoms with van der Waals surface area (Å²) in [7, 11) is 1.56. The predicted molar refractivity (Wildman–Crippen MR) is 83.6 cm³/mol. The first-order chi connectivity index (χ1) is 10.1. The molecule has 1 aromatic heterocycles. The summed E-state index contributed by atoms with van der Waals surface area (Å²) < 4.78 is 11.0. The fourth-order valence-electron chi connectivity index (χ4n) is 2.35. The molecule has 3 rings (SSSR count). The van der Waals surface area contributed by atoms with E-state index in [0.29, 0.717) is 28.2 Å². The molecule has 0 unspecified atom stereocenters. The zero-order valence-corrected chi connectivity index (χ0v) is 11.8. The summed E-state index contributed by atoms with van der Waals surface area (Å²) in [5.74, 6) is 1.09. The van der Waals surface area contributed by atoms with Gasteiger partial charge < -0.3 is 14.9 Å². The first kappa shape index (κ1) is 13.2. The molecule has 0 amide bonds. The Hall–Kier alpha value is -2.75. The number of ether oxygens (including phenoxy) is 1. The van der Waals surface area contributed by atoms with Crippen LogP contribution in [0.4, 0.5) is 5.69 Å². The number of hydrogen-bond donors (Lipinski definition) is 1. The Balaban J connectivity index is 2.24. The van der Waals surface area contributed by atoms with Crippen LogP contribution < -0.4 is 15.9 Å². The minimum atomic E-state index is -0.0654. The Bertz CT molecular complexity index is 881. The minimum absolute atomic E-state index is 0.0654. The SMILES string of the molecule is COc1ccc(-c2cc(=O)c3cccc(C)c3o2)cc1N. The van der Waals surface area contributed by atoms with E-state index >= 15 is 0 Å². The second-order valence-electron chi connectivity index (χ2n) is 4.88. The summed E-state index contributed by atoms with van der Waals surface area (Å²) in [6.07, 6.45) is 0. The lowest BCUT2D eigenvalue weighted by atomic mass is 10.1. The van der Waals surface area contributed by atoms with Crippen molar-refractivity contribution >= 4 is 16.7 Å². The van der Waals surface area contributed by atoms with Gasteiger partial charge in [0.2, 0.25) is 0 Å². The van der Waals surface area contributed by atoms with Crippen molar-refractivity contribution in [1.82, 2.24) is 0 Å². The van der Waals surface area contributed by atoms with Gasteiger partial charge in [0, 0.05) is 11.6 Å². The van der Waals surface area contributed by atoms with Crippen LogP contribution in [0.3, 0.4) is 0 Å². The molecule has 3 aromatic rings. The number of fused-ring (bicyclic) bond motifs is 1. The summed E-state index contributed by atoms with van der Waals surface area (Å²) >= 11 is 0. The van der Waals surface area contributed by atoms with E-state index in [4.69, 9.17) is 14.9 Å². The van der Waals surface area contributed by atoms with Gasteiger partial charge in [0.1, 0.15) is 17.1 Å². The number of rotatable bonds is 2. The maximum atomic E-state index is 12.2. The van der Waals surface area contributed by atoms with E-state index in [1.807, 2.05) is 25.1 Å². The lowest BCUT2D eigenvalue weighted by Gasteiger charge is -2.08. The number of anilines is 1. The van der Waals surface area contributed by atoms with Gasteiger partial charge in [0.15, 0.2) is 5.43 Å². The number of aryl methyl sites for hydroxylation is 1. The number of methoxy groups -OCH3 is 1. The average molecular weight is 281 g/mol. The van der Waals surface area contributed by atoms with E-state index < -0.39 is 0 Å². The normalized spacial score (nSPS) is 10.8. The molecule has 0 bridgehead atoms. The molecule has 4 heteroatoms. The van der Waals surface area contributed by atoms with Crippen molar-refractivity contribution in [3.63, 3.8) is 0 Å². The van der Waals surface area contributed by atoms with E-state index in [0.717, 1.165) is 11.1 Å². The van der Waals surface area contributed by atoms with Crippen molar-refractivity contribution in [2.24, 2.45) is 0 Å². The fourth-order valence-corrected chi connectivity index (χ4v) is 2.35. The van der Waals surface area contributed by atoms with Crippen LogP contribution >= 0.6 is 0 Å². The van der Waals surface area contributed by atoms with E-state index in [2.05, 4.69) is 0 Å². The van der Waals surface area contributed by atoms with Crippen molar-refractivity contribution in [3.8, 4) is 17.1 Å². The topological polar surface area (TPSA) is 65.5 Å². The Kier molecular flexibility index (Phi) is 3.14. The first-order valence-corrected chi connectivity index (χ1v) is 6.57. The molecule has 21 heavy (non-hydrogen) atoms. The van der Waals surface area contributed by atoms with Gasteiger partial charge in [0.25, 0.3) is 0 Å². The molecule has 2 aromatic carbocycles. The summed E-state index contributed by atoms with van der Waals surface area (Å²) in [5.41, 5.74) is 8.62. The van der Waals surface area contributed by atoms with Gasteiger partial charge in [0.05, 0.1) is 18.2 Å². The maximum absolute atomic E-state index is 12.2. The third-order valence-corrected chi connectivity index (χ3v) is 3.47. The zero-order valence-electron chi connectivity index (χ0n) is 11.8. The fraction of sp³-hybridized carbons (Fsp3) is 0.118. The van der Waals surface area contributed by atoms with Crippen molar-refractivity contribution in [3.05, 3.63) is 58.3 Å². The highest BCUT2D eigenvalue weighted by Crippen LogP contribution is 2.29. The van der Waals surface area contributed by atoms with Crippen LogP contribution in [0.5, 0.6) is 5.75 Å².